The maximum atomic E-state index is 12.7. The van der Waals surface area contributed by atoms with Crippen LogP contribution in [0.1, 0.15) is 22.3 Å². The zero-order valence-corrected chi connectivity index (χ0v) is 21.0. The van der Waals surface area contributed by atoms with Crippen LogP contribution in [0.4, 0.5) is 34.5 Å². The van der Waals surface area contributed by atoms with Crippen LogP contribution >= 0.6 is 0 Å². The van der Waals surface area contributed by atoms with E-state index in [2.05, 4.69) is 37.8 Å². The normalized spacial score (nSPS) is 13.0. The number of nitrogens with one attached hydrogen (secondary N) is 4. The van der Waals surface area contributed by atoms with Crippen molar-refractivity contribution in [1.82, 2.24) is 9.97 Å². The second-order valence-corrected chi connectivity index (χ2v) is 8.84. The molecule has 38 heavy (non-hydrogen) atoms. The Balaban J connectivity index is 1.41. The number of anilines is 6. The molecule has 0 unspecified atom stereocenters. The molecule has 4 aromatic rings. The van der Waals surface area contributed by atoms with E-state index in [1.807, 2.05) is 80.6 Å². The number of rotatable bonds is 7. The summed E-state index contributed by atoms with van der Waals surface area (Å²) < 4.78 is 0. The lowest BCUT2D eigenvalue weighted by Crippen LogP contribution is -2.10. The van der Waals surface area contributed by atoms with E-state index in [0.717, 1.165) is 33.6 Å². The molecule has 0 saturated carbocycles. The highest BCUT2D eigenvalue weighted by molar-refractivity contribution is 6.35. The molecule has 0 spiro atoms. The zero-order chi connectivity index (χ0) is 26.6. The molecule has 0 saturated heterocycles. The van der Waals surface area contributed by atoms with E-state index >= 15 is 0 Å². The van der Waals surface area contributed by atoms with E-state index < -0.39 is 0 Å². The van der Waals surface area contributed by atoms with Crippen LogP contribution in [0.3, 0.4) is 0 Å². The highest BCUT2D eigenvalue weighted by Gasteiger charge is 2.24. The molecule has 0 atom stereocenters. The lowest BCUT2D eigenvalue weighted by molar-refractivity contribution is -0.112. The van der Waals surface area contributed by atoms with E-state index in [1.54, 1.807) is 12.3 Å². The first kappa shape index (κ1) is 24.5. The van der Waals surface area contributed by atoms with Gasteiger partial charge in [0.15, 0.2) is 0 Å². The summed E-state index contributed by atoms with van der Waals surface area (Å²) in [6.07, 6.45) is 4.84. The molecular weight excluding hydrogens is 476 g/mol. The molecule has 2 amide bonds. The number of fused-ring (bicyclic) bond motifs is 1. The van der Waals surface area contributed by atoms with Gasteiger partial charge in [-0.25, -0.2) is 4.98 Å². The summed E-state index contributed by atoms with van der Waals surface area (Å²) >= 11 is 0. The quantitative estimate of drug-likeness (QED) is 0.224. The Morgan fingerprint density at radius 2 is 1.71 bits per heavy atom. The van der Waals surface area contributed by atoms with Gasteiger partial charge < -0.3 is 21.3 Å². The fourth-order valence-corrected chi connectivity index (χ4v) is 4.08. The maximum absolute atomic E-state index is 12.7. The van der Waals surface area contributed by atoms with E-state index in [9.17, 15) is 9.59 Å². The molecule has 8 nitrogen and oxygen atoms in total. The Labute approximate surface area is 220 Å². The first-order chi connectivity index (χ1) is 18.4. The fourth-order valence-electron chi connectivity index (χ4n) is 4.08. The molecule has 0 bridgehead atoms. The number of carbonyl (C=O) groups is 2. The topological polar surface area (TPSA) is 108 Å². The van der Waals surface area contributed by atoms with Gasteiger partial charge in [0.05, 0.1) is 11.4 Å². The fraction of sp³-hybridized carbons (Fsp3) is 0.0667. The largest absolute Gasteiger partial charge is 0.338 e. The minimum atomic E-state index is -0.304. The van der Waals surface area contributed by atoms with E-state index in [0.29, 0.717) is 28.7 Å². The minimum absolute atomic E-state index is 0.138. The summed E-state index contributed by atoms with van der Waals surface area (Å²) in [5, 5.41) is 12.2. The van der Waals surface area contributed by atoms with E-state index in [-0.39, 0.29) is 11.8 Å². The van der Waals surface area contributed by atoms with Crippen molar-refractivity contribution in [3.05, 3.63) is 108 Å². The van der Waals surface area contributed by atoms with E-state index in [1.165, 1.54) is 6.08 Å². The zero-order valence-electron chi connectivity index (χ0n) is 21.0. The number of carbonyl (C=O) groups excluding carboxylic acids is 2. The Morgan fingerprint density at radius 1 is 0.947 bits per heavy atom. The standard InChI is InChI=1S/C30H26N6O2/c1-4-27(37)33-25-11-7-8-12-26(25)34-28-19(3)17-31-30(36-28)32-21-13-14-24-22(16-21)23(29(38)35-24)15-20-10-6-5-9-18(20)2/h4-17H,1H2,2-3H3,(H,33,37)(H,35,38)(H2,31,32,34,36). The van der Waals surface area contributed by atoms with Gasteiger partial charge in [0.2, 0.25) is 11.9 Å². The van der Waals surface area contributed by atoms with Crippen LogP contribution in [-0.4, -0.2) is 21.8 Å². The number of aromatic nitrogens is 2. The maximum Gasteiger partial charge on any atom is 0.256 e. The molecule has 1 aliphatic heterocycles. The second-order valence-electron chi connectivity index (χ2n) is 8.84. The SMILES string of the molecule is C=CC(=O)Nc1ccccc1Nc1nc(Nc2ccc3c(c2)C(=Cc2ccccc2C)C(=O)N3)ncc1C. The summed E-state index contributed by atoms with van der Waals surface area (Å²) in [5.41, 5.74) is 7.10. The minimum Gasteiger partial charge on any atom is -0.338 e. The summed E-state index contributed by atoms with van der Waals surface area (Å²) in [4.78, 5) is 33.6. The van der Waals surface area contributed by atoms with Crippen molar-refractivity contribution < 1.29 is 9.59 Å². The second kappa shape index (κ2) is 10.4. The molecule has 0 radical (unpaired) electrons. The summed E-state index contributed by atoms with van der Waals surface area (Å²) in [7, 11) is 0. The van der Waals surface area contributed by atoms with Gasteiger partial charge in [-0.3, -0.25) is 9.59 Å². The first-order valence-electron chi connectivity index (χ1n) is 12.0. The molecule has 0 aliphatic carbocycles. The highest BCUT2D eigenvalue weighted by atomic mass is 16.2. The van der Waals surface area contributed by atoms with Crippen molar-refractivity contribution in [1.29, 1.82) is 0 Å². The van der Waals surface area contributed by atoms with Crippen molar-refractivity contribution in [2.45, 2.75) is 13.8 Å². The van der Waals surface area contributed by atoms with Crippen LogP contribution in [-0.2, 0) is 9.59 Å². The van der Waals surface area contributed by atoms with Crippen LogP contribution < -0.4 is 21.3 Å². The van der Waals surface area contributed by atoms with Gasteiger partial charge in [0.1, 0.15) is 5.82 Å². The van der Waals surface area contributed by atoms with Crippen molar-refractivity contribution in [2.24, 2.45) is 0 Å². The van der Waals surface area contributed by atoms with Crippen molar-refractivity contribution in [2.75, 3.05) is 21.3 Å². The first-order valence-corrected chi connectivity index (χ1v) is 12.0. The van der Waals surface area contributed by atoms with Crippen molar-refractivity contribution in [3.63, 3.8) is 0 Å². The summed E-state index contributed by atoms with van der Waals surface area (Å²) in [6, 6.07) is 20.9. The van der Waals surface area contributed by atoms with Crippen LogP contribution in [0.2, 0.25) is 0 Å². The number of hydrogen-bond acceptors (Lipinski definition) is 6. The smallest absolute Gasteiger partial charge is 0.256 e. The summed E-state index contributed by atoms with van der Waals surface area (Å²) in [6.45, 7) is 7.42. The van der Waals surface area contributed by atoms with Crippen LogP contribution in [0.5, 0.6) is 0 Å². The van der Waals surface area contributed by atoms with E-state index in [4.69, 9.17) is 0 Å². The molecule has 2 heterocycles. The monoisotopic (exact) mass is 502 g/mol. The highest BCUT2D eigenvalue weighted by Crippen LogP contribution is 2.36. The Hall–Kier alpha value is -5.24. The number of para-hydroxylation sites is 2. The van der Waals surface area contributed by atoms with Crippen LogP contribution in [0.15, 0.2) is 85.6 Å². The van der Waals surface area contributed by atoms with Gasteiger partial charge in [-0.1, -0.05) is 43.0 Å². The molecule has 4 N–H and O–H groups in total. The van der Waals surface area contributed by atoms with Crippen LogP contribution in [0, 0.1) is 13.8 Å². The van der Waals surface area contributed by atoms with Gasteiger partial charge >= 0.3 is 0 Å². The number of hydrogen-bond donors (Lipinski definition) is 4. The van der Waals surface area contributed by atoms with Gasteiger partial charge in [0.25, 0.3) is 5.91 Å². The third kappa shape index (κ3) is 5.15. The predicted octanol–water partition coefficient (Wildman–Crippen LogP) is 6.20. The van der Waals surface area contributed by atoms with Crippen molar-refractivity contribution >= 4 is 58.0 Å². The third-order valence-corrected chi connectivity index (χ3v) is 6.14. The molecule has 1 aromatic heterocycles. The molecule has 1 aliphatic rings. The average Bonchev–Trinajstić information content (AvgIpc) is 3.22. The number of benzene rings is 3. The Bertz CT molecular complexity index is 1610. The van der Waals surface area contributed by atoms with Gasteiger partial charge in [0, 0.05) is 34.3 Å². The molecule has 3 aromatic carbocycles. The lowest BCUT2D eigenvalue weighted by Gasteiger charge is -2.14. The molecule has 0 fully saturated rings. The van der Waals surface area contributed by atoms with Gasteiger partial charge in [-0.15, -0.1) is 0 Å². The summed E-state index contributed by atoms with van der Waals surface area (Å²) in [5.74, 6) is 0.524. The average molecular weight is 503 g/mol. The van der Waals surface area contributed by atoms with Crippen LogP contribution in [0.25, 0.3) is 11.6 Å². The van der Waals surface area contributed by atoms with Gasteiger partial charge in [-0.2, -0.15) is 4.98 Å². The Morgan fingerprint density at radius 3 is 2.50 bits per heavy atom. The molecule has 188 valence electrons. The van der Waals surface area contributed by atoms with Crippen molar-refractivity contribution in [3.8, 4) is 0 Å². The lowest BCUT2D eigenvalue weighted by atomic mass is 10.0. The third-order valence-electron chi connectivity index (χ3n) is 6.14. The predicted molar refractivity (Wildman–Crippen MR) is 153 cm³/mol. The van der Waals surface area contributed by atoms with Gasteiger partial charge in [-0.05, 0) is 67.5 Å². The molecular formula is C30H26N6O2. The number of amides is 2. The molecule has 8 heteroatoms. The molecule has 5 rings (SSSR count). The number of aryl methyl sites for hydroxylation is 2. The number of nitrogens with zero attached hydrogens (tertiary/aromatic N) is 2. The Kier molecular flexibility index (Phi) is 6.69.